The molecule has 0 aliphatic heterocycles. The van der Waals surface area contributed by atoms with Gasteiger partial charge in [0.2, 0.25) is 0 Å². The van der Waals surface area contributed by atoms with E-state index in [4.69, 9.17) is 4.42 Å². The molecule has 0 aliphatic rings. The van der Waals surface area contributed by atoms with E-state index in [1.807, 2.05) is 55.3 Å². The number of aromatic nitrogens is 1. The molecule has 24 heavy (non-hydrogen) atoms. The Kier molecular flexibility index (Phi) is 4.61. The number of nitrogens with one attached hydrogen (secondary N) is 1. The Morgan fingerprint density at radius 3 is 2.42 bits per heavy atom. The lowest BCUT2D eigenvalue weighted by atomic mass is 10.1. The molecule has 2 aromatic carbocycles. The highest BCUT2D eigenvalue weighted by molar-refractivity contribution is 5.95. The standard InChI is InChI=1S/C19H19N3O2/c1-3-22(17-10-4-14(2)5-11-17)21-19(23)16-8-6-15(7-9-16)18-12-20-13-24-18/h4-13H,3H2,1-2H3,(H,21,23). The summed E-state index contributed by atoms with van der Waals surface area (Å²) < 4.78 is 5.25. The molecule has 3 aromatic rings. The molecule has 0 unspecified atom stereocenters. The van der Waals surface area contributed by atoms with E-state index >= 15 is 0 Å². The van der Waals surface area contributed by atoms with Crippen molar-refractivity contribution in [3.63, 3.8) is 0 Å². The second-order valence-electron chi connectivity index (χ2n) is 5.46. The van der Waals surface area contributed by atoms with Crippen molar-refractivity contribution in [1.29, 1.82) is 0 Å². The predicted molar refractivity (Wildman–Crippen MR) is 93.6 cm³/mol. The molecule has 122 valence electrons. The molecule has 3 rings (SSSR count). The first-order chi connectivity index (χ1) is 11.7. The van der Waals surface area contributed by atoms with Crippen LogP contribution in [0.25, 0.3) is 11.3 Å². The summed E-state index contributed by atoms with van der Waals surface area (Å²) >= 11 is 0. The first-order valence-corrected chi connectivity index (χ1v) is 7.81. The largest absolute Gasteiger partial charge is 0.444 e. The molecule has 0 fully saturated rings. The van der Waals surface area contributed by atoms with Crippen molar-refractivity contribution in [1.82, 2.24) is 10.4 Å². The second-order valence-corrected chi connectivity index (χ2v) is 5.46. The first-order valence-electron chi connectivity index (χ1n) is 7.81. The summed E-state index contributed by atoms with van der Waals surface area (Å²) in [6.07, 6.45) is 3.03. The van der Waals surface area contributed by atoms with E-state index in [-0.39, 0.29) is 5.91 Å². The molecule has 1 N–H and O–H groups in total. The van der Waals surface area contributed by atoms with Crippen LogP contribution in [0.1, 0.15) is 22.8 Å². The third kappa shape index (κ3) is 3.46. The van der Waals surface area contributed by atoms with Crippen molar-refractivity contribution < 1.29 is 9.21 Å². The molecular weight excluding hydrogens is 302 g/mol. The average molecular weight is 321 g/mol. The second kappa shape index (κ2) is 7.00. The molecule has 0 saturated heterocycles. The lowest BCUT2D eigenvalue weighted by Crippen LogP contribution is -2.42. The third-order valence-electron chi connectivity index (χ3n) is 3.76. The number of hydrazine groups is 1. The average Bonchev–Trinajstić information content (AvgIpc) is 3.15. The summed E-state index contributed by atoms with van der Waals surface area (Å²) in [5, 5.41) is 1.83. The van der Waals surface area contributed by atoms with Crippen LogP contribution in [-0.2, 0) is 0 Å². The van der Waals surface area contributed by atoms with Crippen LogP contribution in [0.3, 0.4) is 0 Å². The number of anilines is 1. The fourth-order valence-corrected chi connectivity index (χ4v) is 2.38. The normalized spacial score (nSPS) is 10.4. The van der Waals surface area contributed by atoms with E-state index in [1.54, 1.807) is 18.3 Å². The number of hydrogen-bond acceptors (Lipinski definition) is 4. The zero-order valence-electron chi connectivity index (χ0n) is 13.7. The number of amides is 1. The van der Waals surface area contributed by atoms with E-state index in [0.29, 0.717) is 17.9 Å². The van der Waals surface area contributed by atoms with Gasteiger partial charge in [0.15, 0.2) is 12.2 Å². The van der Waals surface area contributed by atoms with Gasteiger partial charge in [-0.25, -0.2) is 4.98 Å². The van der Waals surface area contributed by atoms with Crippen molar-refractivity contribution in [3.05, 3.63) is 72.2 Å². The topological polar surface area (TPSA) is 58.4 Å². The Morgan fingerprint density at radius 1 is 1.12 bits per heavy atom. The Morgan fingerprint density at radius 2 is 1.83 bits per heavy atom. The Bertz CT molecular complexity index is 794. The maximum atomic E-state index is 12.5. The third-order valence-corrected chi connectivity index (χ3v) is 3.76. The van der Waals surface area contributed by atoms with Crippen LogP contribution < -0.4 is 10.4 Å². The van der Waals surface area contributed by atoms with Gasteiger partial charge in [0.05, 0.1) is 11.9 Å². The summed E-state index contributed by atoms with van der Waals surface area (Å²) in [5.74, 6) is 0.526. The van der Waals surface area contributed by atoms with Crippen molar-refractivity contribution >= 4 is 11.6 Å². The van der Waals surface area contributed by atoms with E-state index in [2.05, 4.69) is 10.4 Å². The number of oxazole rings is 1. The SMILES string of the molecule is CCN(NC(=O)c1ccc(-c2cnco2)cc1)c1ccc(C)cc1. The maximum absolute atomic E-state index is 12.5. The predicted octanol–water partition coefficient (Wildman–Crippen LogP) is 3.82. The molecule has 0 bridgehead atoms. The summed E-state index contributed by atoms with van der Waals surface area (Å²) in [5.41, 5.74) is 6.54. The summed E-state index contributed by atoms with van der Waals surface area (Å²) in [6.45, 7) is 4.70. The van der Waals surface area contributed by atoms with Gasteiger partial charge in [-0.3, -0.25) is 15.2 Å². The van der Waals surface area contributed by atoms with Crippen LogP contribution in [-0.4, -0.2) is 17.4 Å². The number of carbonyl (C=O) groups excluding carboxylic acids is 1. The van der Waals surface area contributed by atoms with Gasteiger partial charge in [-0.15, -0.1) is 0 Å². The molecule has 0 radical (unpaired) electrons. The number of nitrogens with zero attached hydrogens (tertiary/aromatic N) is 2. The molecule has 1 heterocycles. The van der Waals surface area contributed by atoms with Crippen LogP contribution in [0.4, 0.5) is 5.69 Å². The molecule has 1 aromatic heterocycles. The Labute approximate surface area is 140 Å². The molecule has 0 atom stereocenters. The maximum Gasteiger partial charge on any atom is 0.269 e. The molecule has 0 aliphatic carbocycles. The minimum atomic E-state index is -0.151. The highest BCUT2D eigenvalue weighted by atomic mass is 16.3. The highest BCUT2D eigenvalue weighted by Gasteiger charge is 2.11. The van der Waals surface area contributed by atoms with Gasteiger partial charge in [-0.2, -0.15) is 0 Å². The minimum Gasteiger partial charge on any atom is -0.444 e. The van der Waals surface area contributed by atoms with Gasteiger partial charge < -0.3 is 4.42 Å². The number of benzene rings is 2. The molecule has 5 nitrogen and oxygen atoms in total. The van der Waals surface area contributed by atoms with Gasteiger partial charge >= 0.3 is 0 Å². The minimum absolute atomic E-state index is 0.151. The van der Waals surface area contributed by atoms with E-state index in [9.17, 15) is 4.79 Å². The number of rotatable bonds is 5. The Balaban J connectivity index is 1.72. The fraction of sp³-hybridized carbons (Fsp3) is 0.158. The zero-order valence-corrected chi connectivity index (χ0v) is 13.7. The van der Waals surface area contributed by atoms with Crippen LogP contribution in [0.5, 0.6) is 0 Å². The zero-order chi connectivity index (χ0) is 16.9. The smallest absolute Gasteiger partial charge is 0.269 e. The number of aryl methyl sites for hydroxylation is 1. The van der Waals surface area contributed by atoms with Crippen molar-refractivity contribution in [2.75, 3.05) is 11.6 Å². The number of hydrogen-bond donors (Lipinski definition) is 1. The van der Waals surface area contributed by atoms with E-state index in [1.165, 1.54) is 12.0 Å². The van der Waals surface area contributed by atoms with Gasteiger partial charge in [0.1, 0.15) is 0 Å². The summed E-state index contributed by atoms with van der Waals surface area (Å²) in [6, 6.07) is 15.3. The monoisotopic (exact) mass is 321 g/mol. The van der Waals surface area contributed by atoms with Gasteiger partial charge in [0, 0.05) is 17.7 Å². The van der Waals surface area contributed by atoms with Gasteiger partial charge in [-0.05, 0) is 38.1 Å². The molecule has 1 amide bonds. The van der Waals surface area contributed by atoms with E-state index in [0.717, 1.165) is 11.3 Å². The van der Waals surface area contributed by atoms with E-state index < -0.39 is 0 Å². The quantitative estimate of drug-likeness (QED) is 0.726. The molecular formula is C19H19N3O2. The van der Waals surface area contributed by atoms with Crippen LogP contribution in [0.15, 0.2) is 65.5 Å². The Hall–Kier alpha value is -3.08. The summed E-state index contributed by atoms with van der Waals surface area (Å²) in [4.78, 5) is 16.4. The molecule has 0 saturated carbocycles. The number of carbonyl (C=O) groups is 1. The van der Waals surface area contributed by atoms with Crippen molar-refractivity contribution in [2.24, 2.45) is 0 Å². The van der Waals surface area contributed by atoms with Crippen molar-refractivity contribution in [2.45, 2.75) is 13.8 Å². The molecule has 5 heteroatoms. The summed E-state index contributed by atoms with van der Waals surface area (Å²) in [7, 11) is 0. The van der Waals surface area contributed by atoms with Crippen LogP contribution >= 0.6 is 0 Å². The first kappa shape index (κ1) is 15.8. The molecule has 0 spiro atoms. The van der Waals surface area contributed by atoms with Crippen molar-refractivity contribution in [3.8, 4) is 11.3 Å². The van der Waals surface area contributed by atoms with Crippen LogP contribution in [0.2, 0.25) is 0 Å². The lowest BCUT2D eigenvalue weighted by molar-refractivity contribution is 0.0949. The van der Waals surface area contributed by atoms with Gasteiger partial charge in [0.25, 0.3) is 5.91 Å². The van der Waals surface area contributed by atoms with Crippen LogP contribution in [0, 0.1) is 6.92 Å². The lowest BCUT2D eigenvalue weighted by Gasteiger charge is -2.24. The fourth-order valence-electron chi connectivity index (χ4n) is 2.38. The van der Waals surface area contributed by atoms with Gasteiger partial charge in [-0.1, -0.05) is 29.8 Å². The highest BCUT2D eigenvalue weighted by Crippen LogP contribution is 2.19.